The molecule has 4 amide bonds. The lowest BCUT2D eigenvalue weighted by Gasteiger charge is -2.36. The maximum Gasteiger partial charge on any atom is 0.262 e. The predicted octanol–water partition coefficient (Wildman–Crippen LogP) is 1.39. The van der Waals surface area contributed by atoms with Crippen molar-refractivity contribution < 1.29 is 19.2 Å². The molecule has 1 fully saturated rings. The van der Waals surface area contributed by atoms with Gasteiger partial charge in [0.25, 0.3) is 11.8 Å². The quantitative estimate of drug-likeness (QED) is 0.753. The molecule has 27 heavy (non-hydrogen) atoms. The van der Waals surface area contributed by atoms with Crippen LogP contribution in [0.25, 0.3) is 0 Å². The van der Waals surface area contributed by atoms with Crippen molar-refractivity contribution in [1.82, 2.24) is 14.7 Å². The van der Waals surface area contributed by atoms with E-state index in [1.807, 2.05) is 20.8 Å². The largest absolute Gasteiger partial charge is 0.339 e. The number of nitrogens with zero attached hydrogens (tertiary/aromatic N) is 3. The summed E-state index contributed by atoms with van der Waals surface area (Å²) in [5.74, 6) is -1.03. The Morgan fingerprint density at radius 3 is 1.74 bits per heavy atom. The summed E-state index contributed by atoms with van der Waals surface area (Å²) in [5, 5.41) is 0. The average Bonchev–Trinajstić information content (AvgIpc) is 2.86. The lowest BCUT2D eigenvalue weighted by atomic mass is 9.91. The monoisotopic (exact) mass is 371 g/mol. The standard InChI is InChI=1S/C20H25N3O4/c1-20(2,3)12-16(24)21-8-10-22(11-9-21)17(25)13-23-18(26)14-6-4-5-7-15(14)19(23)27/h4-7H,8-13H2,1-3H3. The van der Waals surface area contributed by atoms with Gasteiger partial charge in [-0.25, -0.2) is 0 Å². The van der Waals surface area contributed by atoms with E-state index in [1.54, 1.807) is 34.1 Å². The average molecular weight is 371 g/mol. The van der Waals surface area contributed by atoms with Crippen LogP contribution < -0.4 is 0 Å². The highest BCUT2D eigenvalue weighted by Gasteiger charge is 2.37. The Kier molecular flexibility index (Phi) is 5.04. The maximum absolute atomic E-state index is 12.6. The molecule has 2 aliphatic heterocycles. The third-order valence-corrected chi connectivity index (χ3v) is 4.84. The first-order chi connectivity index (χ1) is 12.7. The molecule has 0 bridgehead atoms. The third-order valence-electron chi connectivity index (χ3n) is 4.84. The highest BCUT2D eigenvalue weighted by atomic mass is 16.2. The molecule has 7 heteroatoms. The lowest BCUT2D eigenvalue weighted by Crippen LogP contribution is -2.53. The SMILES string of the molecule is CC(C)(C)CC(=O)N1CCN(C(=O)CN2C(=O)c3ccccc3C2=O)CC1. The van der Waals surface area contributed by atoms with Crippen molar-refractivity contribution in [1.29, 1.82) is 0 Å². The fourth-order valence-corrected chi connectivity index (χ4v) is 3.39. The Bertz CT molecular complexity index is 754. The van der Waals surface area contributed by atoms with Gasteiger partial charge in [0.05, 0.1) is 11.1 Å². The molecule has 0 radical (unpaired) electrons. The highest BCUT2D eigenvalue weighted by Crippen LogP contribution is 2.23. The van der Waals surface area contributed by atoms with E-state index in [0.717, 1.165) is 4.90 Å². The third kappa shape index (κ3) is 4.02. The summed E-state index contributed by atoms with van der Waals surface area (Å²) >= 11 is 0. The van der Waals surface area contributed by atoms with E-state index in [-0.39, 0.29) is 23.8 Å². The van der Waals surface area contributed by atoms with Crippen LogP contribution in [-0.4, -0.2) is 71.1 Å². The minimum atomic E-state index is -0.428. The van der Waals surface area contributed by atoms with Crippen molar-refractivity contribution in [3.05, 3.63) is 35.4 Å². The molecular weight excluding hydrogens is 346 g/mol. The summed E-state index contributed by atoms with van der Waals surface area (Å²) in [7, 11) is 0. The van der Waals surface area contributed by atoms with E-state index in [1.165, 1.54) is 0 Å². The molecule has 0 saturated carbocycles. The number of hydrogen-bond acceptors (Lipinski definition) is 4. The second-order valence-electron chi connectivity index (χ2n) is 8.24. The van der Waals surface area contributed by atoms with Crippen LogP contribution in [-0.2, 0) is 9.59 Å². The van der Waals surface area contributed by atoms with E-state index in [9.17, 15) is 19.2 Å². The number of amides is 4. The van der Waals surface area contributed by atoms with Gasteiger partial charge in [-0.2, -0.15) is 0 Å². The van der Waals surface area contributed by atoms with E-state index in [0.29, 0.717) is 43.7 Å². The van der Waals surface area contributed by atoms with Gasteiger partial charge in [-0.15, -0.1) is 0 Å². The Morgan fingerprint density at radius 1 is 0.852 bits per heavy atom. The summed E-state index contributed by atoms with van der Waals surface area (Å²) in [6, 6.07) is 6.59. The smallest absolute Gasteiger partial charge is 0.262 e. The molecule has 2 aliphatic rings. The number of rotatable bonds is 3. The minimum absolute atomic E-state index is 0.0739. The van der Waals surface area contributed by atoms with Crippen molar-refractivity contribution in [3.8, 4) is 0 Å². The molecule has 2 heterocycles. The number of carbonyl (C=O) groups excluding carboxylic acids is 4. The number of imide groups is 1. The summed E-state index contributed by atoms with van der Waals surface area (Å²) in [4.78, 5) is 54.0. The molecule has 0 unspecified atom stereocenters. The van der Waals surface area contributed by atoms with Crippen molar-refractivity contribution in [2.24, 2.45) is 5.41 Å². The molecule has 0 spiro atoms. The predicted molar refractivity (Wildman–Crippen MR) is 99.0 cm³/mol. The maximum atomic E-state index is 12.6. The molecule has 1 aromatic rings. The van der Waals surface area contributed by atoms with Gasteiger partial charge in [-0.05, 0) is 17.5 Å². The molecule has 0 aromatic heterocycles. The zero-order valence-corrected chi connectivity index (χ0v) is 16.0. The van der Waals surface area contributed by atoms with Crippen LogP contribution in [0.4, 0.5) is 0 Å². The topological polar surface area (TPSA) is 78.0 Å². The molecule has 144 valence electrons. The lowest BCUT2D eigenvalue weighted by molar-refractivity contribution is -0.140. The number of benzene rings is 1. The van der Waals surface area contributed by atoms with Crippen LogP contribution in [0.15, 0.2) is 24.3 Å². The number of hydrogen-bond donors (Lipinski definition) is 0. The second-order valence-corrected chi connectivity index (χ2v) is 8.24. The zero-order chi connectivity index (χ0) is 19.8. The normalized spacial score (nSPS) is 17.4. The summed E-state index contributed by atoms with van der Waals surface area (Å²) < 4.78 is 0. The van der Waals surface area contributed by atoms with E-state index in [4.69, 9.17) is 0 Å². The van der Waals surface area contributed by atoms with Crippen LogP contribution >= 0.6 is 0 Å². The minimum Gasteiger partial charge on any atom is -0.339 e. The number of fused-ring (bicyclic) bond motifs is 1. The van der Waals surface area contributed by atoms with Crippen LogP contribution in [0.5, 0.6) is 0 Å². The van der Waals surface area contributed by atoms with Crippen molar-refractivity contribution in [3.63, 3.8) is 0 Å². The van der Waals surface area contributed by atoms with Crippen LogP contribution in [0.2, 0.25) is 0 Å². The number of carbonyl (C=O) groups is 4. The van der Waals surface area contributed by atoms with Crippen LogP contribution in [0.3, 0.4) is 0 Å². The van der Waals surface area contributed by atoms with Gasteiger partial charge in [-0.1, -0.05) is 32.9 Å². The van der Waals surface area contributed by atoms with Crippen molar-refractivity contribution >= 4 is 23.6 Å². The van der Waals surface area contributed by atoms with E-state index in [2.05, 4.69) is 0 Å². The van der Waals surface area contributed by atoms with Crippen molar-refractivity contribution in [2.75, 3.05) is 32.7 Å². The number of piperazine rings is 1. The highest BCUT2D eigenvalue weighted by molar-refractivity contribution is 6.22. The molecule has 0 N–H and O–H groups in total. The zero-order valence-electron chi connectivity index (χ0n) is 16.0. The molecule has 1 saturated heterocycles. The summed E-state index contributed by atoms with van der Waals surface area (Å²) in [6.45, 7) is 7.58. The Hall–Kier alpha value is -2.70. The van der Waals surface area contributed by atoms with Gasteiger partial charge >= 0.3 is 0 Å². The first-order valence-corrected chi connectivity index (χ1v) is 9.18. The fraction of sp³-hybridized carbons (Fsp3) is 0.500. The van der Waals surface area contributed by atoms with Gasteiger partial charge in [-0.3, -0.25) is 24.1 Å². The van der Waals surface area contributed by atoms with Gasteiger partial charge in [0.1, 0.15) is 6.54 Å². The molecule has 1 aromatic carbocycles. The van der Waals surface area contributed by atoms with Crippen LogP contribution in [0.1, 0.15) is 47.9 Å². The first-order valence-electron chi connectivity index (χ1n) is 9.18. The van der Waals surface area contributed by atoms with Crippen molar-refractivity contribution in [2.45, 2.75) is 27.2 Å². The fourth-order valence-electron chi connectivity index (χ4n) is 3.39. The van der Waals surface area contributed by atoms with E-state index < -0.39 is 11.8 Å². The molecule has 0 atom stereocenters. The Labute approximate surface area is 158 Å². The van der Waals surface area contributed by atoms with E-state index >= 15 is 0 Å². The molecular formula is C20H25N3O4. The summed E-state index contributed by atoms with van der Waals surface area (Å²) in [6.07, 6.45) is 0.468. The van der Waals surface area contributed by atoms with Crippen LogP contribution in [0, 0.1) is 5.41 Å². The molecule has 0 aliphatic carbocycles. The Balaban J connectivity index is 1.56. The molecule has 7 nitrogen and oxygen atoms in total. The Morgan fingerprint density at radius 2 is 1.30 bits per heavy atom. The van der Waals surface area contributed by atoms with Gasteiger partial charge < -0.3 is 9.80 Å². The summed E-state index contributed by atoms with van der Waals surface area (Å²) in [5.41, 5.74) is 0.607. The van der Waals surface area contributed by atoms with Gasteiger partial charge in [0.2, 0.25) is 11.8 Å². The first kappa shape index (κ1) is 19.1. The second kappa shape index (κ2) is 7.13. The van der Waals surface area contributed by atoms with Gasteiger partial charge in [0, 0.05) is 32.6 Å². The molecule has 3 rings (SSSR count). The van der Waals surface area contributed by atoms with Gasteiger partial charge in [0.15, 0.2) is 0 Å².